The summed E-state index contributed by atoms with van der Waals surface area (Å²) in [5.74, 6) is 0.0311. The maximum Gasteiger partial charge on any atom is 0.375 e. The van der Waals surface area contributed by atoms with Crippen molar-refractivity contribution in [2.45, 2.75) is 179 Å². The highest BCUT2D eigenvalue weighted by Gasteiger charge is 2.39. The van der Waals surface area contributed by atoms with E-state index in [9.17, 15) is 9.59 Å². The van der Waals surface area contributed by atoms with E-state index in [4.69, 9.17) is 4.74 Å². The van der Waals surface area contributed by atoms with Gasteiger partial charge in [0.25, 0.3) is 0 Å². The van der Waals surface area contributed by atoms with Crippen LogP contribution in [0.2, 0.25) is 0 Å². The Bertz CT molecular complexity index is 544. The first-order valence-corrected chi connectivity index (χ1v) is 16.5. The Balaban J connectivity index is 1.72. The highest BCUT2D eigenvalue weighted by atomic mass is 16.5. The maximum atomic E-state index is 14.0. The number of Topliss-reactive ketones (excluding diaryl/α,β-unsaturated/α-hetero) is 1. The second-order valence-corrected chi connectivity index (χ2v) is 12.6. The molecule has 36 heavy (non-hydrogen) atoms. The summed E-state index contributed by atoms with van der Waals surface area (Å²) < 4.78 is 6.06. The van der Waals surface area contributed by atoms with Crippen molar-refractivity contribution in [2.24, 2.45) is 17.8 Å². The monoisotopic (exact) mass is 502 g/mol. The molecule has 3 fully saturated rings. The van der Waals surface area contributed by atoms with E-state index in [0.717, 1.165) is 51.4 Å². The first-order valence-electron chi connectivity index (χ1n) is 16.5. The summed E-state index contributed by atoms with van der Waals surface area (Å²) in [4.78, 5) is 27.5. The van der Waals surface area contributed by atoms with Crippen LogP contribution < -0.4 is 0 Å². The van der Waals surface area contributed by atoms with Gasteiger partial charge in [0.2, 0.25) is 5.78 Å². The number of ketones is 1. The molecule has 0 bridgehead atoms. The van der Waals surface area contributed by atoms with Crippen molar-refractivity contribution in [3.8, 4) is 0 Å². The summed E-state index contributed by atoms with van der Waals surface area (Å²) in [7, 11) is 0. The van der Waals surface area contributed by atoms with Crippen LogP contribution in [-0.4, -0.2) is 17.9 Å². The van der Waals surface area contributed by atoms with Crippen LogP contribution in [0.5, 0.6) is 0 Å². The molecule has 0 unspecified atom stereocenters. The Labute approximate surface area is 223 Å². The van der Waals surface area contributed by atoms with Gasteiger partial charge >= 0.3 is 5.97 Å². The molecule has 0 radical (unpaired) electrons. The lowest BCUT2D eigenvalue weighted by Gasteiger charge is -2.34. The van der Waals surface area contributed by atoms with Gasteiger partial charge < -0.3 is 4.74 Å². The third-order valence-corrected chi connectivity index (χ3v) is 9.65. The van der Waals surface area contributed by atoms with Crippen LogP contribution >= 0.6 is 0 Å². The van der Waals surface area contributed by atoms with Crippen LogP contribution in [-0.2, 0) is 14.3 Å². The molecule has 3 aliphatic carbocycles. The molecule has 208 valence electrons. The molecule has 0 atom stereocenters. The van der Waals surface area contributed by atoms with Gasteiger partial charge in [0.05, 0.1) is 0 Å². The fraction of sp³-hybridized carbons (Fsp3) is 0.939. The largest absolute Gasteiger partial charge is 0.457 e. The Hall–Kier alpha value is -0.860. The lowest BCUT2D eigenvalue weighted by Crippen LogP contribution is -2.38. The van der Waals surface area contributed by atoms with Crippen LogP contribution in [0, 0.1) is 17.8 Å². The fourth-order valence-electron chi connectivity index (χ4n) is 7.45. The summed E-state index contributed by atoms with van der Waals surface area (Å²) in [5.41, 5.74) is 0. The van der Waals surface area contributed by atoms with E-state index < -0.39 is 5.97 Å². The highest BCUT2D eigenvalue weighted by Crippen LogP contribution is 2.38. The molecule has 3 nitrogen and oxygen atoms in total. The second-order valence-electron chi connectivity index (χ2n) is 12.6. The summed E-state index contributed by atoms with van der Waals surface area (Å²) in [5, 5.41) is 0. The Morgan fingerprint density at radius 2 is 0.694 bits per heavy atom. The van der Waals surface area contributed by atoms with Gasteiger partial charge in [-0.25, -0.2) is 4.79 Å². The van der Waals surface area contributed by atoms with Crippen LogP contribution in [0.15, 0.2) is 0 Å². The van der Waals surface area contributed by atoms with Crippen LogP contribution in [0.25, 0.3) is 0 Å². The van der Waals surface area contributed by atoms with Crippen molar-refractivity contribution in [3.63, 3.8) is 0 Å². The highest BCUT2D eigenvalue weighted by molar-refractivity contribution is 6.34. The summed E-state index contributed by atoms with van der Waals surface area (Å²) in [6.45, 7) is 0. The van der Waals surface area contributed by atoms with Crippen molar-refractivity contribution >= 4 is 11.8 Å². The van der Waals surface area contributed by atoms with Crippen molar-refractivity contribution in [3.05, 3.63) is 0 Å². The van der Waals surface area contributed by atoms with Gasteiger partial charge in [0.1, 0.15) is 6.10 Å². The minimum absolute atomic E-state index is 0.0479. The van der Waals surface area contributed by atoms with Gasteiger partial charge in [0, 0.05) is 5.92 Å². The molecule has 0 spiro atoms. The van der Waals surface area contributed by atoms with Crippen molar-refractivity contribution in [2.75, 3.05) is 0 Å². The standard InChI is InChI=1S/C33H58O3/c34-32(33(35)36-30-26-20-14-8-3-9-15-21-27-30)31(28-22-16-10-4-1-5-11-17-23-28)29-24-18-12-6-2-7-13-19-25-29/h28-31H,1-27H2. The van der Waals surface area contributed by atoms with E-state index in [1.165, 1.54) is 122 Å². The van der Waals surface area contributed by atoms with Crippen molar-refractivity contribution in [1.82, 2.24) is 0 Å². The van der Waals surface area contributed by atoms with E-state index in [0.29, 0.717) is 11.8 Å². The fourth-order valence-corrected chi connectivity index (χ4v) is 7.45. The molecule has 3 rings (SSSR count). The van der Waals surface area contributed by atoms with Crippen LogP contribution in [0.4, 0.5) is 0 Å². The van der Waals surface area contributed by atoms with Gasteiger partial charge in [-0.1, -0.05) is 122 Å². The third-order valence-electron chi connectivity index (χ3n) is 9.65. The zero-order chi connectivity index (χ0) is 25.3. The minimum atomic E-state index is -0.476. The smallest absolute Gasteiger partial charge is 0.375 e. The van der Waals surface area contributed by atoms with Crippen molar-refractivity contribution in [1.29, 1.82) is 0 Å². The van der Waals surface area contributed by atoms with Gasteiger partial charge in [0.15, 0.2) is 0 Å². The number of carbonyl (C=O) groups excluding carboxylic acids is 2. The Morgan fingerprint density at radius 3 is 1.03 bits per heavy atom. The first kappa shape index (κ1) is 29.7. The lowest BCUT2D eigenvalue weighted by molar-refractivity contribution is -0.162. The number of hydrogen-bond donors (Lipinski definition) is 0. The number of carbonyl (C=O) groups is 2. The third kappa shape index (κ3) is 11.3. The van der Waals surface area contributed by atoms with Gasteiger partial charge in [-0.3, -0.25) is 4.79 Å². The predicted octanol–water partition coefficient (Wildman–Crippen LogP) is 9.89. The molecular weight excluding hydrogens is 444 g/mol. The molecule has 3 aliphatic rings. The van der Waals surface area contributed by atoms with Gasteiger partial charge in [-0.05, 0) is 63.2 Å². The van der Waals surface area contributed by atoms with Crippen molar-refractivity contribution < 1.29 is 14.3 Å². The molecule has 3 saturated carbocycles. The topological polar surface area (TPSA) is 43.4 Å². The summed E-state index contributed by atoms with van der Waals surface area (Å²) in [6.07, 6.45) is 33.1. The molecule has 0 aromatic rings. The average molecular weight is 503 g/mol. The van der Waals surface area contributed by atoms with E-state index in [-0.39, 0.29) is 17.8 Å². The van der Waals surface area contributed by atoms with E-state index >= 15 is 0 Å². The molecule has 0 aromatic carbocycles. The zero-order valence-electron chi connectivity index (χ0n) is 23.6. The quantitative estimate of drug-likeness (QED) is 0.277. The Kier molecular flexibility index (Phi) is 15.2. The number of rotatable bonds is 5. The summed E-state index contributed by atoms with van der Waals surface area (Å²) in [6, 6.07) is 0. The van der Waals surface area contributed by atoms with Crippen LogP contribution in [0.1, 0.15) is 173 Å². The molecule has 0 saturated heterocycles. The minimum Gasteiger partial charge on any atom is -0.457 e. The van der Waals surface area contributed by atoms with Gasteiger partial charge in [-0.15, -0.1) is 0 Å². The van der Waals surface area contributed by atoms with Crippen LogP contribution in [0.3, 0.4) is 0 Å². The molecule has 3 heteroatoms. The number of ether oxygens (including phenoxy) is 1. The van der Waals surface area contributed by atoms with Gasteiger partial charge in [-0.2, -0.15) is 0 Å². The van der Waals surface area contributed by atoms with E-state index in [1.807, 2.05) is 0 Å². The molecule has 0 aliphatic heterocycles. The zero-order valence-corrected chi connectivity index (χ0v) is 23.6. The maximum absolute atomic E-state index is 14.0. The molecule has 0 aromatic heterocycles. The van der Waals surface area contributed by atoms with E-state index in [1.54, 1.807) is 0 Å². The normalized spacial score (nSPS) is 24.6. The predicted molar refractivity (Wildman–Crippen MR) is 150 cm³/mol. The van der Waals surface area contributed by atoms with E-state index in [2.05, 4.69) is 0 Å². The second kappa shape index (κ2) is 18.4. The molecule has 0 heterocycles. The Morgan fingerprint density at radius 1 is 0.417 bits per heavy atom. The molecule has 0 N–H and O–H groups in total. The average Bonchev–Trinajstić information content (AvgIpc) is 2.90. The lowest BCUT2D eigenvalue weighted by atomic mass is 9.70. The number of hydrogen-bond acceptors (Lipinski definition) is 3. The molecule has 0 amide bonds. The summed E-state index contributed by atoms with van der Waals surface area (Å²) >= 11 is 0. The number of esters is 1. The SMILES string of the molecule is O=C(OC1CCCCCCCCC1)C(=O)C(C1CCCCCCCCC1)C1CCCCCCCCC1. The first-order chi connectivity index (χ1) is 17.8. The molecular formula is C33H58O3.